The van der Waals surface area contributed by atoms with Crippen LogP contribution in [0.1, 0.15) is 22.8 Å². The molecule has 1 amide bonds. The van der Waals surface area contributed by atoms with Gasteiger partial charge in [-0.25, -0.2) is 0 Å². The van der Waals surface area contributed by atoms with Gasteiger partial charge in [0.15, 0.2) is 16.8 Å². The molecule has 3 aromatic rings. The number of thioether (sulfide) groups is 1. The highest BCUT2D eigenvalue weighted by molar-refractivity contribution is 7.99. The van der Waals surface area contributed by atoms with Crippen molar-refractivity contribution >= 4 is 29.1 Å². The molecule has 0 radical (unpaired) electrons. The molecule has 0 unspecified atom stereocenters. The number of hydrogen-bond donors (Lipinski definition) is 1. The maximum Gasteiger partial charge on any atom is 0.234 e. The quantitative estimate of drug-likeness (QED) is 0.521. The molecule has 0 atom stereocenters. The lowest BCUT2D eigenvalue weighted by atomic mass is 10.1. The largest absolute Gasteiger partial charge is 0.325 e. The fraction of sp³-hybridized carbons (Fsp3) is 0.200. The van der Waals surface area contributed by atoms with Gasteiger partial charge < -0.3 is 9.88 Å². The summed E-state index contributed by atoms with van der Waals surface area (Å²) in [6, 6.07) is 14.9. The molecule has 6 nitrogen and oxygen atoms in total. The molecule has 0 saturated carbocycles. The summed E-state index contributed by atoms with van der Waals surface area (Å²) in [5.41, 5.74) is 3.42. The van der Waals surface area contributed by atoms with Crippen LogP contribution >= 0.6 is 11.8 Å². The van der Waals surface area contributed by atoms with Gasteiger partial charge in [-0.3, -0.25) is 9.59 Å². The van der Waals surface area contributed by atoms with E-state index in [1.807, 2.05) is 36.7 Å². The maximum absolute atomic E-state index is 12.2. The molecule has 0 bridgehead atoms. The van der Waals surface area contributed by atoms with Crippen LogP contribution in [0.5, 0.6) is 0 Å². The molecule has 0 spiro atoms. The van der Waals surface area contributed by atoms with Crippen LogP contribution in [0.3, 0.4) is 0 Å². The molecule has 0 saturated heterocycles. The number of benzene rings is 2. The van der Waals surface area contributed by atoms with E-state index in [2.05, 4.69) is 21.6 Å². The molecule has 0 fully saturated rings. The first-order valence-electron chi connectivity index (χ1n) is 8.44. The minimum Gasteiger partial charge on any atom is -0.325 e. The van der Waals surface area contributed by atoms with Crippen molar-refractivity contribution in [3.63, 3.8) is 0 Å². The Balaban J connectivity index is 1.61. The summed E-state index contributed by atoms with van der Waals surface area (Å²) < 4.78 is 1.88. The fourth-order valence-corrected chi connectivity index (χ4v) is 3.30. The smallest absolute Gasteiger partial charge is 0.234 e. The van der Waals surface area contributed by atoms with Crippen LogP contribution in [0, 0.1) is 6.92 Å². The van der Waals surface area contributed by atoms with Gasteiger partial charge >= 0.3 is 0 Å². The third-order valence-corrected chi connectivity index (χ3v) is 5.04. The monoisotopic (exact) mass is 380 g/mol. The van der Waals surface area contributed by atoms with Gasteiger partial charge in [0.1, 0.15) is 0 Å². The average Bonchev–Trinajstić information content (AvgIpc) is 3.01. The van der Waals surface area contributed by atoms with Crippen molar-refractivity contribution in [1.82, 2.24) is 14.8 Å². The average molecular weight is 380 g/mol. The van der Waals surface area contributed by atoms with Crippen molar-refractivity contribution in [1.29, 1.82) is 0 Å². The van der Waals surface area contributed by atoms with Crippen LogP contribution in [0.15, 0.2) is 53.7 Å². The highest BCUT2D eigenvalue weighted by Crippen LogP contribution is 2.23. The second-order valence-corrected chi connectivity index (χ2v) is 7.15. The Bertz CT molecular complexity index is 980. The van der Waals surface area contributed by atoms with E-state index < -0.39 is 0 Å². The molecule has 3 rings (SSSR count). The molecule has 7 heteroatoms. The second kappa shape index (κ2) is 8.18. The number of anilines is 1. The van der Waals surface area contributed by atoms with Crippen LogP contribution in [0.2, 0.25) is 0 Å². The summed E-state index contributed by atoms with van der Waals surface area (Å²) >= 11 is 1.33. The lowest BCUT2D eigenvalue weighted by Gasteiger charge is -2.06. The summed E-state index contributed by atoms with van der Waals surface area (Å²) in [5.74, 6) is 0.834. The van der Waals surface area contributed by atoms with Crippen molar-refractivity contribution in [2.45, 2.75) is 19.0 Å². The third-order valence-electron chi connectivity index (χ3n) is 4.02. The number of Topliss-reactive ketones (excluding diaryl/α,β-unsaturated/α-hetero) is 1. The summed E-state index contributed by atoms with van der Waals surface area (Å²) in [6.45, 7) is 3.54. The molecular weight excluding hydrogens is 360 g/mol. The van der Waals surface area contributed by atoms with Gasteiger partial charge in [-0.1, -0.05) is 35.5 Å². The summed E-state index contributed by atoms with van der Waals surface area (Å²) in [4.78, 5) is 23.5. The zero-order valence-corrected chi connectivity index (χ0v) is 16.2. The van der Waals surface area contributed by atoms with E-state index in [-0.39, 0.29) is 17.4 Å². The fourth-order valence-electron chi connectivity index (χ4n) is 2.59. The van der Waals surface area contributed by atoms with E-state index in [1.165, 1.54) is 18.7 Å². The van der Waals surface area contributed by atoms with E-state index in [1.54, 1.807) is 24.3 Å². The third kappa shape index (κ3) is 4.62. The zero-order chi connectivity index (χ0) is 19.4. The Hall–Kier alpha value is -2.93. The number of nitrogens with one attached hydrogen (secondary N) is 1. The van der Waals surface area contributed by atoms with Crippen molar-refractivity contribution in [3.8, 4) is 11.4 Å². The molecule has 1 N–H and O–H groups in total. The van der Waals surface area contributed by atoms with Crippen molar-refractivity contribution in [2.75, 3.05) is 11.1 Å². The van der Waals surface area contributed by atoms with Gasteiger partial charge in [0.25, 0.3) is 0 Å². The Morgan fingerprint density at radius 1 is 1.11 bits per heavy atom. The number of aryl methyl sites for hydroxylation is 1. The van der Waals surface area contributed by atoms with Crippen LogP contribution in [0.4, 0.5) is 5.69 Å². The van der Waals surface area contributed by atoms with Gasteiger partial charge in [0.2, 0.25) is 5.91 Å². The van der Waals surface area contributed by atoms with Gasteiger partial charge in [-0.15, -0.1) is 10.2 Å². The first-order valence-corrected chi connectivity index (χ1v) is 9.42. The predicted molar refractivity (Wildman–Crippen MR) is 107 cm³/mol. The molecule has 0 aliphatic heterocycles. The molecular formula is C20H20N4O2S. The molecule has 138 valence electrons. The summed E-state index contributed by atoms with van der Waals surface area (Å²) in [6.07, 6.45) is 0. The van der Waals surface area contributed by atoms with Crippen LogP contribution in [0.25, 0.3) is 11.4 Å². The van der Waals surface area contributed by atoms with E-state index in [4.69, 9.17) is 0 Å². The first kappa shape index (κ1) is 18.8. The number of carbonyl (C=O) groups excluding carboxylic acids is 2. The number of aromatic nitrogens is 3. The second-order valence-electron chi connectivity index (χ2n) is 6.21. The van der Waals surface area contributed by atoms with Crippen LogP contribution in [-0.4, -0.2) is 32.2 Å². The van der Waals surface area contributed by atoms with Crippen LogP contribution in [-0.2, 0) is 11.8 Å². The number of ketones is 1. The lowest BCUT2D eigenvalue weighted by molar-refractivity contribution is -0.113. The number of amides is 1. The standard InChI is InChI=1S/C20H20N4O2S/c1-13-5-4-6-16(11-13)19-22-23-20(24(19)3)27-12-18(26)21-17-9-7-15(8-10-17)14(2)25/h4-11H,12H2,1-3H3,(H,21,26). The lowest BCUT2D eigenvalue weighted by Crippen LogP contribution is -2.14. The Morgan fingerprint density at radius 3 is 2.52 bits per heavy atom. The molecule has 1 heterocycles. The van der Waals surface area contributed by atoms with E-state index in [0.717, 1.165) is 17.0 Å². The Morgan fingerprint density at radius 2 is 1.85 bits per heavy atom. The molecule has 0 aliphatic carbocycles. The molecule has 0 aliphatic rings. The van der Waals surface area contributed by atoms with Crippen LogP contribution < -0.4 is 5.32 Å². The minimum absolute atomic E-state index is 0.00451. The highest BCUT2D eigenvalue weighted by Gasteiger charge is 2.13. The van der Waals surface area contributed by atoms with Crippen molar-refractivity contribution in [3.05, 3.63) is 59.7 Å². The van der Waals surface area contributed by atoms with E-state index >= 15 is 0 Å². The Kier molecular flexibility index (Phi) is 5.71. The normalized spacial score (nSPS) is 10.6. The van der Waals surface area contributed by atoms with E-state index in [0.29, 0.717) is 16.4 Å². The number of hydrogen-bond acceptors (Lipinski definition) is 5. The summed E-state index contributed by atoms with van der Waals surface area (Å²) in [7, 11) is 1.89. The SMILES string of the molecule is CC(=O)c1ccc(NC(=O)CSc2nnc(-c3cccc(C)c3)n2C)cc1. The molecule has 2 aromatic carbocycles. The number of carbonyl (C=O) groups is 2. The highest BCUT2D eigenvalue weighted by atomic mass is 32.2. The van der Waals surface area contributed by atoms with Gasteiger partial charge in [-0.05, 0) is 44.2 Å². The topological polar surface area (TPSA) is 76.9 Å². The number of rotatable bonds is 6. The molecule has 27 heavy (non-hydrogen) atoms. The zero-order valence-electron chi connectivity index (χ0n) is 15.4. The minimum atomic E-state index is -0.143. The van der Waals surface area contributed by atoms with Gasteiger partial charge in [0, 0.05) is 23.9 Å². The van der Waals surface area contributed by atoms with Gasteiger partial charge in [-0.2, -0.15) is 0 Å². The van der Waals surface area contributed by atoms with Gasteiger partial charge in [0.05, 0.1) is 5.75 Å². The predicted octanol–water partition coefficient (Wildman–Crippen LogP) is 3.72. The van der Waals surface area contributed by atoms with E-state index in [9.17, 15) is 9.59 Å². The first-order chi connectivity index (χ1) is 12.9. The number of nitrogens with zero attached hydrogens (tertiary/aromatic N) is 3. The summed E-state index contributed by atoms with van der Waals surface area (Å²) in [5, 5.41) is 11.9. The Labute approximate surface area is 162 Å². The van der Waals surface area contributed by atoms with Crippen molar-refractivity contribution in [2.24, 2.45) is 7.05 Å². The maximum atomic E-state index is 12.2. The van der Waals surface area contributed by atoms with Crippen molar-refractivity contribution < 1.29 is 9.59 Å². The molecule has 1 aromatic heterocycles.